The van der Waals surface area contributed by atoms with Gasteiger partial charge in [0.05, 0.1) is 34.0 Å². The minimum Gasteiger partial charge on any atom is -0.378 e. The second-order valence-electron chi connectivity index (χ2n) is 4.12. The number of sulfone groups is 1. The van der Waals surface area contributed by atoms with Crippen molar-refractivity contribution in [3.63, 3.8) is 0 Å². The maximum Gasteiger partial charge on any atom is 0.175 e. The predicted octanol–water partition coefficient (Wildman–Crippen LogP) is 1.48. The van der Waals surface area contributed by atoms with E-state index in [4.69, 9.17) is 11.6 Å². The molecule has 2 rings (SSSR count). The van der Waals surface area contributed by atoms with E-state index in [1.165, 1.54) is 12.1 Å². The molecule has 1 aromatic heterocycles. The minimum absolute atomic E-state index is 0.225. The summed E-state index contributed by atoms with van der Waals surface area (Å²) in [4.78, 5) is 0.225. The van der Waals surface area contributed by atoms with Crippen molar-refractivity contribution < 1.29 is 8.42 Å². The molecule has 102 valence electrons. The van der Waals surface area contributed by atoms with Crippen LogP contribution in [-0.2, 0) is 23.4 Å². The third-order valence-electron chi connectivity index (χ3n) is 2.63. The number of aromatic nitrogens is 3. The van der Waals surface area contributed by atoms with Crippen LogP contribution in [0.4, 0.5) is 5.69 Å². The van der Waals surface area contributed by atoms with Crippen molar-refractivity contribution >= 4 is 27.1 Å². The van der Waals surface area contributed by atoms with Gasteiger partial charge in [0.15, 0.2) is 9.84 Å². The average molecular weight is 301 g/mol. The molecule has 0 unspecified atom stereocenters. The second-order valence-corrected chi connectivity index (χ2v) is 6.54. The lowest BCUT2D eigenvalue weighted by Crippen LogP contribution is -2.06. The predicted molar refractivity (Wildman–Crippen MR) is 72.9 cm³/mol. The zero-order valence-electron chi connectivity index (χ0n) is 10.5. The van der Waals surface area contributed by atoms with Crippen LogP contribution < -0.4 is 5.32 Å². The fraction of sp³-hybridized carbons (Fsp3) is 0.273. The number of anilines is 1. The SMILES string of the molecule is Cn1nncc1CNc1cc(S(C)(=O)=O)ccc1Cl. The highest BCUT2D eigenvalue weighted by atomic mass is 35.5. The van der Waals surface area contributed by atoms with Crippen molar-refractivity contribution in [2.45, 2.75) is 11.4 Å². The van der Waals surface area contributed by atoms with Gasteiger partial charge in [-0.25, -0.2) is 8.42 Å². The number of hydrogen-bond acceptors (Lipinski definition) is 5. The summed E-state index contributed by atoms with van der Waals surface area (Å²) in [5.74, 6) is 0. The van der Waals surface area contributed by atoms with E-state index in [2.05, 4.69) is 15.6 Å². The van der Waals surface area contributed by atoms with Gasteiger partial charge in [0.25, 0.3) is 0 Å². The minimum atomic E-state index is -3.25. The highest BCUT2D eigenvalue weighted by Crippen LogP contribution is 2.25. The summed E-state index contributed by atoms with van der Waals surface area (Å²) >= 11 is 6.03. The molecule has 1 aromatic carbocycles. The molecule has 0 fully saturated rings. The molecule has 0 atom stereocenters. The smallest absolute Gasteiger partial charge is 0.175 e. The highest BCUT2D eigenvalue weighted by molar-refractivity contribution is 7.90. The van der Waals surface area contributed by atoms with Crippen molar-refractivity contribution in [1.29, 1.82) is 0 Å². The monoisotopic (exact) mass is 300 g/mol. The summed E-state index contributed by atoms with van der Waals surface area (Å²) in [5, 5.41) is 11.1. The molecule has 2 aromatic rings. The van der Waals surface area contributed by atoms with Gasteiger partial charge < -0.3 is 5.32 Å². The summed E-state index contributed by atoms with van der Waals surface area (Å²) in [6.07, 6.45) is 2.78. The number of nitrogens with zero attached hydrogens (tertiary/aromatic N) is 3. The zero-order chi connectivity index (χ0) is 14.0. The van der Waals surface area contributed by atoms with Gasteiger partial charge >= 0.3 is 0 Å². The van der Waals surface area contributed by atoms with Crippen LogP contribution in [0.5, 0.6) is 0 Å². The molecule has 0 aliphatic carbocycles. The third kappa shape index (κ3) is 3.24. The highest BCUT2D eigenvalue weighted by Gasteiger charge is 2.10. The van der Waals surface area contributed by atoms with Gasteiger partial charge in [0, 0.05) is 13.3 Å². The lowest BCUT2D eigenvalue weighted by molar-refractivity contribution is 0.602. The first kappa shape index (κ1) is 13.8. The molecule has 1 N–H and O–H groups in total. The molecule has 0 aliphatic rings. The Kier molecular flexibility index (Phi) is 3.77. The summed E-state index contributed by atoms with van der Waals surface area (Å²) in [7, 11) is -1.47. The molecule has 0 aliphatic heterocycles. The number of hydrogen-bond donors (Lipinski definition) is 1. The third-order valence-corrected chi connectivity index (χ3v) is 4.07. The van der Waals surface area contributed by atoms with Crippen LogP contribution in [0, 0.1) is 0 Å². The van der Waals surface area contributed by atoms with Crippen molar-refractivity contribution in [2.75, 3.05) is 11.6 Å². The van der Waals surface area contributed by atoms with Crippen LogP contribution in [-0.4, -0.2) is 29.7 Å². The van der Waals surface area contributed by atoms with Crippen LogP contribution in [0.2, 0.25) is 5.02 Å². The Hall–Kier alpha value is -1.60. The first-order valence-corrected chi connectivity index (χ1v) is 7.72. The van der Waals surface area contributed by atoms with E-state index < -0.39 is 9.84 Å². The van der Waals surface area contributed by atoms with Crippen LogP contribution in [0.1, 0.15) is 5.69 Å². The van der Waals surface area contributed by atoms with Crippen molar-refractivity contribution in [3.05, 3.63) is 35.1 Å². The molecule has 0 saturated heterocycles. The normalized spacial score (nSPS) is 11.5. The summed E-state index contributed by atoms with van der Waals surface area (Å²) in [5.41, 5.74) is 1.42. The van der Waals surface area contributed by atoms with Gasteiger partial charge in [-0.15, -0.1) is 5.10 Å². The van der Waals surface area contributed by atoms with Gasteiger partial charge in [0.2, 0.25) is 0 Å². The molecular weight excluding hydrogens is 288 g/mol. The largest absolute Gasteiger partial charge is 0.378 e. The second kappa shape index (κ2) is 5.18. The Morgan fingerprint density at radius 3 is 2.74 bits per heavy atom. The average Bonchev–Trinajstić information content (AvgIpc) is 2.72. The van der Waals surface area contributed by atoms with Crippen LogP contribution in [0.15, 0.2) is 29.3 Å². The van der Waals surface area contributed by atoms with E-state index in [-0.39, 0.29) is 4.90 Å². The topological polar surface area (TPSA) is 76.9 Å². The number of aryl methyl sites for hydroxylation is 1. The number of nitrogens with one attached hydrogen (secondary N) is 1. The van der Waals surface area contributed by atoms with E-state index in [1.807, 2.05) is 0 Å². The van der Waals surface area contributed by atoms with Crippen molar-refractivity contribution in [2.24, 2.45) is 7.05 Å². The summed E-state index contributed by atoms with van der Waals surface area (Å²) in [6.45, 7) is 0.455. The summed E-state index contributed by atoms with van der Waals surface area (Å²) in [6, 6.07) is 4.55. The quantitative estimate of drug-likeness (QED) is 0.925. The number of benzene rings is 1. The lowest BCUT2D eigenvalue weighted by atomic mass is 10.3. The molecule has 0 amide bonds. The molecule has 0 bridgehead atoms. The molecule has 0 radical (unpaired) electrons. The fourth-order valence-corrected chi connectivity index (χ4v) is 2.36. The number of rotatable bonds is 4. The van der Waals surface area contributed by atoms with Gasteiger partial charge in [-0.3, -0.25) is 4.68 Å². The van der Waals surface area contributed by atoms with Crippen LogP contribution in [0.3, 0.4) is 0 Å². The Morgan fingerprint density at radius 1 is 1.42 bits per heavy atom. The van der Waals surface area contributed by atoms with E-state index in [1.54, 1.807) is 24.0 Å². The van der Waals surface area contributed by atoms with Gasteiger partial charge in [-0.2, -0.15) is 0 Å². The van der Waals surface area contributed by atoms with Gasteiger partial charge in [-0.1, -0.05) is 16.8 Å². The fourth-order valence-electron chi connectivity index (χ4n) is 1.53. The Bertz CT molecular complexity index is 696. The van der Waals surface area contributed by atoms with Gasteiger partial charge in [0.1, 0.15) is 0 Å². The van der Waals surface area contributed by atoms with Crippen molar-refractivity contribution in [3.8, 4) is 0 Å². The Labute approximate surface area is 116 Å². The molecule has 19 heavy (non-hydrogen) atoms. The zero-order valence-corrected chi connectivity index (χ0v) is 12.0. The maximum atomic E-state index is 11.5. The van der Waals surface area contributed by atoms with Crippen LogP contribution >= 0.6 is 11.6 Å². The standard InChI is InChI=1S/C11H13ClN4O2S/c1-16-8(7-14-15-16)6-13-11-5-9(19(2,17)18)3-4-10(11)12/h3-5,7,13H,6H2,1-2H3. The summed E-state index contributed by atoms with van der Waals surface area (Å²) < 4.78 is 24.6. The Morgan fingerprint density at radius 2 is 2.16 bits per heavy atom. The van der Waals surface area contributed by atoms with E-state index in [9.17, 15) is 8.42 Å². The first-order valence-electron chi connectivity index (χ1n) is 5.45. The molecular formula is C11H13ClN4O2S. The maximum absolute atomic E-state index is 11.5. The van der Waals surface area contributed by atoms with E-state index in [0.29, 0.717) is 17.3 Å². The lowest BCUT2D eigenvalue weighted by Gasteiger charge is -2.09. The van der Waals surface area contributed by atoms with E-state index in [0.717, 1.165) is 11.9 Å². The first-order chi connectivity index (χ1) is 8.88. The van der Waals surface area contributed by atoms with Crippen molar-refractivity contribution in [1.82, 2.24) is 15.0 Å². The molecule has 6 nitrogen and oxygen atoms in total. The van der Waals surface area contributed by atoms with Crippen LogP contribution in [0.25, 0.3) is 0 Å². The molecule has 0 saturated carbocycles. The molecule has 1 heterocycles. The molecule has 8 heteroatoms. The molecule has 0 spiro atoms. The van der Waals surface area contributed by atoms with E-state index >= 15 is 0 Å². The number of halogens is 1. The van der Waals surface area contributed by atoms with Gasteiger partial charge in [-0.05, 0) is 18.2 Å². The Balaban J connectivity index is 2.23.